The van der Waals surface area contributed by atoms with Gasteiger partial charge in [0.15, 0.2) is 0 Å². The largest absolute Gasteiger partial charge is 0.246 e. The molecule has 0 amide bonds. The summed E-state index contributed by atoms with van der Waals surface area (Å²) in [6, 6.07) is 16.0. The van der Waals surface area contributed by atoms with Gasteiger partial charge in [-0.15, -0.1) is 0 Å². The molecule has 3 rings (SSSR count). The van der Waals surface area contributed by atoms with E-state index in [0.717, 1.165) is 17.5 Å². The first kappa shape index (κ1) is 21.2. The predicted octanol–water partition coefficient (Wildman–Crippen LogP) is 8.20. The summed E-state index contributed by atoms with van der Waals surface area (Å²) in [4.78, 5) is 0. The fraction of sp³-hybridized carbons (Fsp3) is 0.308. The molecule has 0 atom stereocenters. The second-order valence-electron chi connectivity index (χ2n) is 7.59. The van der Waals surface area contributed by atoms with Crippen LogP contribution in [0.5, 0.6) is 0 Å². The number of rotatable bonds is 8. The molecule has 3 aromatic rings. The van der Waals surface area contributed by atoms with Crippen LogP contribution in [-0.2, 0) is 13.1 Å². The van der Waals surface area contributed by atoms with Crippen LogP contribution in [0.3, 0.4) is 0 Å². The fourth-order valence-electron chi connectivity index (χ4n) is 3.65. The first-order valence-corrected chi connectivity index (χ1v) is 10.3. The molecule has 29 heavy (non-hydrogen) atoms. The van der Waals surface area contributed by atoms with Crippen LogP contribution in [0, 0.1) is 18.6 Å². The molecule has 0 nitrogen and oxygen atoms in total. The average molecular weight is 396 g/mol. The van der Waals surface area contributed by atoms with Gasteiger partial charge in [0.05, 0.1) is 0 Å². The number of alkyl halides is 1. The normalized spacial score (nSPS) is 11.1. The minimum Gasteiger partial charge on any atom is -0.246 e. The van der Waals surface area contributed by atoms with Crippen molar-refractivity contribution in [1.82, 2.24) is 0 Å². The summed E-state index contributed by atoms with van der Waals surface area (Å²) < 4.78 is 41.8. The second-order valence-corrected chi connectivity index (χ2v) is 7.59. The van der Waals surface area contributed by atoms with Crippen LogP contribution in [0.2, 0.25) is 0 Å². The van der Waals surface area contributed by atoms with Crippen molar-refractivity contribution in [2.45, 2.75) is 52.6 Å². The Labute approximate surface area is 171 Å². The molecular weight excluding hydrogens is 369 g/mol. The number of unbranched alkanes of at least 4 members (excludes halogenated alkanes) is 3. The molecule has 0 heterocycles. The Bertz CT molecular complexity index is 935. The third-order valence-corrected chi connectivity index (χ3v) is 5.44. The van der Waals surface area contributed by atoms with Crippen molar-refractivity contribution in [2.24, 2.45) is 0 Å². The first-order chi connectivity index (χ1) is 14.0. The Morgan fingerprint density at radius 3 is 2.03 bits per heavy atom. The van der Waals surface area contributed by atoms with Crippen molar-refractivity contribution in [1.29, 1.82) is 0 Å². The van der Waals surface area contributed by atoms with Crippen LogP contribution in [0.25, 0.3) is 22.3 Å². The monoisotopic (exact) mass is 396 g/mol. The van der Waals surface area contributed by atoms with Crippen LogP contribution >= 0.6 is 0 Å². The Morgan fingerprint density at radius 2 is 1.41 bits per heavy atom. The molecule has 0 bridgehead atoms. The van der Waals surface area contributed by atoms with E-state index >= 15 is 0 Å². The van der Waals surface area contributed by atoms with E-state index in [-0.39, 0.29) is 5.56 Å². The van der Waals surface area contributed by atoms with Gasteiger partial charge in [-0.3, -0.25) is 0 Å². The lowest BCUT2D eigenvalue weighted by Crippen LogP contribution is -1.95. The van der Waals surface area contributed by atoms with E-state index in [2.05, 4.69) is 19.1 Å². The lowest BCUT2D eigenvalue weighted by Gasteiger charge is -2.11. The van der Waals surface area contributed by atoms with Gasteiger partial charge in [-0.1, -0.05) is 68.7 Å². The number of hydrogen-bond acceptors (Lipinski definition) is 0. The van der Waals surface area contributed by atoms with Gasteiger partial charge in [-0.2, -0.15) is 0 Å². The van der Waals surface area contributed by atoms with Gasteiger partial charge in [0.25, 0.3) is 0 Å². The topological polar surface area (TPSA) is 0 Å². The van der Waals surface area contributed by atoms with E-state index in [4.69, 9.17) is 0 Å². The van der Waals surface area contributed by atoms with Gasteiger partial charge in [0.1, 0.15) is 18.3 Å². The van der Waals surface area contributed by atoms with E-state index in [0.29, 0.717) is 16.7 Å². The Kier molecular flexibility index (Phi) is 7.13. The van der Waals surface area contributed by atoms with Crippen molar-refractivity contribution in [2.75, 3.05) is 0 Å². The maximum atomic E-state index is 14.8. The molecule has 0 aliphatic heterocycles. The summed E-state index contributed by atoms with van der Waals surface area (Å²) >= 11 is 0. The second kappa shape index (κ2) is 9.78. The summed E-state index contributed by atoms with van der Waals surface area (Å²) in [5.74, 6) is -1.06. The zero-order valence-electron chi connectivity index (χ0n) is 17.1. The van der Waals surface area contributed by atoms with E-state index < -0.39 is 18.3 Å². The first-order valence-electron chi connectivity index (χ1n) is 10.3. The zero-order chi connectivity index (χ0) is 20.8. The summed E-state index contributed by atoms with van der Waals surface area (Å²) in [5.41, 5.74) is 4.27. The minimum absolute atomic E-state index is 0.0283. The number of halogens is 3. The van der Waals surface area contributed by atoms with Crippen LogP contribution in [-0.4, -0.2) is 0 Å². The van der Waals surface area contributed by atoms with Gasteiger partial charge >= 0.3 is 0 Å². The highest BCUT2D eigenvalue weighted by atomic mass is 19.1. The van der Waals surface area contributed by atoms with Crippen molar-refractivity contribution in [3.05, 3.63) is 82.9 Å². The molecule has 0 unspecified atom stereocenters. The van der Waals surface area contributed by atoms with Crippen LogP contribution in [0.1, 0.15) is 49.3 Å². The molecule has 0 aliphatic carbocycles. The zero-order valence-corrected chi connectivity index (χ0v) is 17.1. The number of benzene rings is 3. The van der Waals surface area contributed by atoms with Crippen molar-refractivity contribution >= 4 is 0 Å². The summed E-state index contributed by atoms with van der Waals surface area (Å²) in [5, 5.41) is 0. The maximum Gasteiger partial charge on any atom is 0.131 e. The molecular formula is C26H27F3. The smallest absolute Gasteiger partial charge is 0.131 e. The van der Waals surface area contributed by atoms with Crippen LogP contribution < -0.4 is 0 Å². The Balaban J connectivity index is 1.79. The summed E-state index contributed by atoms with van der Waals surface area (Å²) in [6.07, 6.45) is 5.99. The van der Waals surface area contributed by atoms with Crippen molar-refractivity contribution in [3.63, 3.8) is 0 Å². The molecule has 0 fully saturated rings. The van der Waals surface area contributed by atoms with Gasteiger partial charge < -0.3 is 0 Å². The average Bonchev–Trinajstić information content (AvgIpc) is 2.71. The van der Waals surface area contributed by atoms with Gasteiger partial charge in [0.2, 0.25) is 0 Å². The molecule has 0 saturated carbocycles. The van der Waals surface area contributed by atoms with Crippen LogP contribution in [0.15, 0.2) is 54.6 Å². The number of aryl methyl sites for hydroxylation is 2. The lowest BCUT2D eigenvalue weighted by atomic mass is 9.96. The highest BCUT2D eigenvalue weighted by Crippen LogP contribution is 2.31. The van der Waals surface area contributed by atoms with E-state index in [9.17, 15) is 13.2 Å². The Hall–Kier alpha value is -2.55. The van der Waals surface area contributed by atoms with Crippen molar-refractivity contribution < 1.29 is 13.2 Å². The van der Waals surface area contributed by atoms with Gasteiger partial charge in [-0.05, 0) is 59.7 Å². The molecule has 152 valence electrons. The van der Waals surface area contributed by atoms with Gasteiger partial charge in [-0.25, -0.2) is 13.2 Å². The number of hydrogen-bond donors (Lipinski definition) is 0. The SMILES string of the molecule is CCCCCCc1ccc(-c2ccc(-c3cc(C)c(CF)c(F)c3)c(F)c2)cc1. The van der Waals surface area contributed by atoms with E-state index in [1.165, 1.54) is 43.4 Å². The molecule has 3 aromatic carbocycles. The molecule has 0 N–H and O–H groups in total. The highest BCUT2D eigenvalue weighted by molar-refractivity contribution is 5.72. The molecule has 0 aliphatic rings. The third-order valence-electron chi connectivity index (χ3n) is 5.44. The molecule has 0 spiro atoms. The highest BCUT2D eigenvalue weighted by Gasteiger charge is 2.13. The maximum absolute atomic E-state index is 14.8. The van der Waals surface area contributed by atoms with Crippen LogP contribution in [0.4, 0.5) is 13.2 Å². The van der Waals surface area contributed by atoms with Gasteiger partial charge in [0, 0.05) is 11.1 Å². The fourth-order valence-corrected chi connectivity index (χ4v) is 3.65. The molecule has 0 radical (unpaired) electrons. The molecule has 0 saturated heterocycles. The summed E-state index contributed by atoms with van der Waals surface area (Å²) in [7, 11) is 0. The quantitative estimate of drug-likeness (QED) is 0.337. The standard InChI is InChI=1S/C26H27F3/c1-3-4-5-6-7-19-8-10-20(11-9-19)21-12-13-23(25(28)15-21)22-14-18(2)24(17-27)26(29)16-22/h8-16H,3-7,17H2,1-2H3. The van der Waals surface area contributed by atoms with Crippen molar-refractivity contribution in [3.8, 4) is 22.3 Å². The van der Waals surface area contributed by atoms with E-state index in [1.54, 1.807) is 19.1 Å². The Morgan fingerprint density at radius 1 is 0.724 bits per heavy atom. The summed E-state index contributed by atoms with van der Waals surface area (Å²) in [6.45, 7) is 2.97. The van der Waals surface area contributed by atoms with E-state index in [1.807, 2.05) is 18.2 Å². The minimum atomic E-state index is -0.867. The lowest BCUT2D eigenvalue weighted by molar-refractivity contribution is 0.462. The third kappa shape index (κ3) is 5.09. The molecule has 3 heteroatoms. The predicted molar refractivity (Wildman–Crippen MR) is 115 cm³/mol. The molecule has 0 aromatic heterocycles.